The average Bonchev–Trinajstić information content (AvgIpc) is 2.33. The van der Waals surface area contributed by atoms with Crippen molar-refractivity contribution in [3.05, 3.63) is 35.1 Å². The molecule has 0 N–H and O–H groups in total. The highest BCUT2D eigenvalue weighted by atomic mass is 35.5. The SMILES string of the molecule is COC1=Cc2c(OC)cccc2C(=O)C1=O.Cl. The zero-order chi connectivity index (χ0) is 11.7. The molecule has 0 unspecified atom stereocenters. The van der Waals surface area contributed by atoms with Gasteiger partial charge in [-0.1, -0.05) is 12.1 Å². The highest BCUT2D eigenvalue weighted by Gasteiger charge is 2.29. The molecule has 90 valence electrons. The molecule has 0 amide bonds. The third-order valence-corrected chi connectivity index (χ3v) is 2.46. The summed E-state index contributed by atoms with van der Waals surface area (Å²) in [5, 5.41) is 0. The first-order valence-corrected chi connectivity index (χ1v) is 4.70. The Labute approximate surface area is 105 Å². The standard InChI is InChI=1S/C12H10O4.ClH/c1-15-9-5-3-4-7-8(9)6-10(16-2)12(14)11(7)13;/h3-6H,1-2H3;1H. The van der Waals surface area contributed by atoms with E-state index in [2.05, 4.69) is 0 Å². The third-order valence-electron chi connectivity index (χ3n) is 2.46. The summed E-state index contributed by atoms with van der Waals surface area (Å²) in [5.41, 5.74) is 0.941. The number of halogens is 1. The number of benzene rings is 1. The minimum Gasteiger partial charge on any atom is -0.496 e. The molecule has 0 bridgehead atoms. The van der Waals surface area contributed by atoms with Crippen molar-refractivity contribution in [3.63, 3.8) is 0 Å². The predicted octanol–water partition coefficient (Wildman–Crippen LogP) is 1.87. The molecule has 0 radical (unpaired) electrons. The summed E-state index contributed by atoms with van der Waals surface area (Å²) in [7, 11) is 2.87. The fourth-order valence-electron chi connectivity index (χ4n) is 1.65. The van der Waals surface area contributed by atoms with E-state index in [1.807, 2.05) is 0 Å². The minimum absolute atomic E-state index is 0. The molecule has 2 rings (SSSR count). The van der Waals surface area contributed by atoms with Gasteiger partial charge in [0, 0.05) is 11.1 Å². The molecule has 0 saturated carbocycles. The summed E-state index contributed by atoms with van der Waals surface area (Å²) < 4.78 is 9.99. The summed E-state index contributed by atoms with van der Waals surface area (Å²) in [6.07, 6.45) is 1.53. The second kappa shape index (κ2) is 5.01. The van der Waals surface area contributed by atoms with Crippen molar-refractivity contribution in [2.75, 3.05) is 14.2 Å². The van der Waals surface area contributed by atoms with Gasteiger partial charge in [-0.2, -0.15) is 0 Å². The topological polar surface area (TPSA) is 52.6 Å². The molecule has 0 aromatic heterocycles. The molecule has 0 saturated heterocycles. The molecule has 0 heterocycles. The van der Waals surface area contributed by atoms with Gasteiger partial charge < -0.3 is 9.47 Å². The van der Waals surface area contributed by atoms with Crippen LogP contribution in [0.25, 0.3) is 6.08 Å². The van der Waals surface area contributed by atoms with Gasteiger partial charge in [0.05, 0.1) is 14.2 Å². The Morgan fingerprint density at radius 3 is 2.29 bits per heavy atom. The molecular formula is C12H11ClO4. The van der Waals surface area contributed by atoms with Crippen molar-refractivity contribution in [2.24, 2.45) is 0 Å². The fourth-order valence-corrected chi connectivity index (χ4v) is 1.65. The van der Waals surface area contributed by atoms with Gasteiger partial charge in [0.15, 0.2) is 5.76 Å². The number of allylic oxidation sites excluding steroid dienone is 1. The Kier molecular flexibility index (Phi) is 3.91. The van der Waals surface area contributed by atoms with Gasteiger partial charge in [-0.15, -0.1) is 12.4 Å². The monoisotopic (exact) mass is 254 g/mol. The lowest BCUT2D eigenvalue weighted by molar-refractivity contribution is -0.114. The number of carbonyl (C=O) groups excluding carboxylic acids is 2. The smallest absolute Gasteiger partial charge is 0.267 e. The number of fused-ring (bicyclic) bond motifs is 1. The van der Waals surface area contributed by atoms with Crippen molar-refractivity contribution in [2.45, 2.75) is 0 Å². The van der Waals surface area contributed by atoms with E-state index in [0.29, 0.717) is 16.9 Å². The summed E-state index contributed by atoms with van der Waals surface area (Å²) >= 11 is 0. The molecule has 5 heteroatoms. The maximum Gasteiger partial charge on any atom is 0.267 e. The average molecular weight is 255 g/mol. The molecule has 0 atom stereocenters. The number of rotatable bonds is 2. The first-order valence-electron chi connectivity index (χ1n) is 4.70. The molecule has 1 aliphatic rings. The predicted molar refractivity (Wildman–Crippen MR) is 64.6 cm³/mol. The van der Waals surface area contributed by atoms with Gasteiger partial charge >= 0.3 is 0 Å². The van der Waals surface area contributed by atoms with Crippen LogP contribution in [-0.2, 0) is 9.53 Å². The summed E-state index contributed by atoms with van der Waals surface area (Å²) in [5.74, 6) is -0.591. The second-order valence-corrected chi connectivity index (χ2v) is 3.29. The molecule has 1 aromatic rings. The second-order valence-electron chi connectivity index (χ2n) is 3.29. The molecule has 1 aromatic carbocycles. The van der Waals surface area contributed by atoms with Crippen LogP contribution >= 0.6 is 12.4 Å². The number of ketones is 2. The Bertz CT molecular complexity index is 505. The van der Waals surface area contributed by atoms with E-state index in [9.17, 15) is 9.59 Å². The van der Waals surface area contributed by atoms with Crippen LogP contribution in [0, 0.1) is 0 Å². The summed E-state index contributed by atoms with van der Waals surface area (Å²) in [4.78, 5) is 23.3. The third kappa shape index (κ3) is 2.03. The Balaban J connectivity index is 0.00000144. The van der Waals surface area contributed by atoms with Crippen LogP contribution in [0.3, 0.4) is 0 Å². The van der Waals surface area contributed by atoms with Gasteiger partial charge in [-0.3, -0.25) is 9.59 Å². The van der Waals surface area contributed by atoms with E-state index in [4.69, 9.17) is 9.47 Å². The molecule has 0 aliphatic heterocycles. The van der Waals surface area contributed by atoms with Gasteiger partial charge in [-0.05, 0) is 12.1 Å². The number of hydrogen-bond acceptors (Lipinski definition) is 4. The number of ether oxygens (including phenoxy) is 2. The Morgan fingerprint density at radius 2 is 1.71 bits per heavy atom. The maximum atomic E-state index is 11.7. The number of methoxy groups -OCH3 is 2. The van der Waals surface area contributed by atoms with E-state index < -0.39 is 11.6 Å². The fraction of sp³-hybridized carbons (Fsp3) is 0.167. The van der Waals surface area contributed by atoms with E-state index in [1.165, 1.54) is 20.3 Å². The zero-order valence-electron chi connectivity index (χ0n) is 9.35. The Hall–Kier alpha value is -1.81. The van der Waals surface area contributed by atoms with Crippen molar-refractivity contribution in [1.82, 2.24) is 0 Å². The van der Waals surface area contributed by atoms with Crippen molar-refractivity contribution < 1.29 is 19.1 Å². The first-order chi connectivity index (χ1) is 7.69. The highest BCUT2D eigenvalue weighted by Crippen LogP contribution is 2.29. The van der Waals surface area contributed by atoms with E-state index in [0.717, 1.165) is 0 Å². The van der Waals surface area contributed by atoms with Crippen molar-refractivity contribution >= 4 is 30.0 Å². The maximum absolute atomic E-state index is 11.7. The molecule has 1 aliphatic carbocycles. The number of carbonyl (C=O) groups is 2. The number of Topliss-reactive ketones (excluding diaryl/α,β-unsaturated/α-hetero) is 2. The molecule has 4 nitrogen and oxygen atoms in total. The normalized spacial score (nSPS) is 13.4. The summed E-state index contributed by atoms with van der Waals surface area (Å²) in [6, 6.07) is 5.00. The largest absolute Gasteiger partial charge is 0.496 e. The first kappa shape index (κ1) is 13.3. The lowest BCUT2D eigenvalue weighted by Gasteiger charge is -2.15. The lowest BCUT2D eigenvalue weighted by atomic mass is 9.93. The minimum atomic E-state index is -0.622. The van der Waals surface area contributed by atoms with Gasteiger partial charge in [-0.25, -0.2) is 0 Å². The van der Waals surface area contributed by atoms with Gasteiger partial charge in [0.25, 0.3) is 5.78 Å². The quantitative estimate of drug-likeness (QED) is 0.756. The van der Waals surface area contributed by atoms with E-state index in [-0.39, 0.29) is 18.2 Å². The van der Waals surface area contributed by atoms with E-state index >= 15 is 0 Å². The van der Waals surface area contributed by atoms with Crippen LogP contribution in [0.2, 0.25) is 0 Å². The molecule has 0 spiro atoms. The van der Waals surface area contributed by atoms with Crippen LogP contribution in [-0.4, -0.2) is 25.8 Å². The van der Waals surface area contributed by atoms with E-state index in [1.54, 1.807) is 18.2 Å². The lowest BCUT2D eigenvalue weighted by Crippen LogP contribution is -2.22. The van der Waals surface area contributed by atoms with Crippen LogP contribution < -0.4 is 4.74 Å². The molecule has 0 fully saturated rings. The van der Waals surface area contributed by atoms with Gasteiger partial charge in [0.2, 0.25) is 5.78 Å². The molecule has 17 heavy (non-hydrogen) atoms. The van der Waals surface area contributed by atoms with Gasteiger partial charge in [0.1, 0.15) is 5.75 Å². The molecular weight excluding hydrogens is 244 g/mol. The van der Waals surface area contributed by atoms with Crippen molar-refractivity contribution in [1.29, 1.82) is 0 Å². The zero-order valence-corrected chi connectivity index (χ0v) is 10.2. The highest BCUT2D eigenvalue weighted by molar-refractivity contribution is 6.51. The number of hydrogen-bond donors (Lipinski definition) is 0. The van der Waals surface area contributed by atoms with Crippen LogP contribution in [0.5, 0.6) is 5.75 Å². The van der Waals surface area contributed by atoms with Crippen LogP contribution in [0.15, 0.2) is 24.0 Å². The van der Waals surface area contributed by atoms with Crippen molar-refractivity contribution in [3.8, 4) is 5.75 Å². The Morgan fingerprint density at radius 1 is 1.00 bits per heavy atom. The summed E-state index contributed by atoms with van der Waals surface area (Å²) in [6.45, 7) is 0. The van der Waals surface area contributed by atoms with Crippen LogP contribution in [0.4, 0.5) is 0 Å². The van der Waals surface area contributed by atoms with Crippen LogP contribution in [0.1, 0.15) is 15.9 Å².